The van der Waals surface area contributed by atoms with Crippen molar-refractivity contribution in [1.29, 1.82) is 5.26 Å². The number of carbonyl (C=O) groups excluding carboxylic acids is 3. The van der Waals surface area contributed by atoms with Crippen LogP contribution < -0.4 is 29.9 Å². The van der Waals surface area contributed by atoms with Crippen LogP contribution in [-0.4, -0.2) is 183 Å². The molecule has 6 atom stereocenters. The van der Waals surface area contributed by atoms with Crippen LogP contribution in [0.2, 0.25) is 0 Å². The Morgan fingerprint density at radius 1 is 0.822 bits per heavy atom. The first-order valence-electron chi connectivity index (χ1n) is 32.4. The van der Waals surface area contributed by atoms with E-state index < -0.39 is 23.8 Å². The van der Waals surface area contributed by atoms with E-state index in [-0.39, 0.29) is 42.0 Å². The zero-order valence-electron chi connectivity index (χ0n) is 53.2. The summed E-state index contributed by atoms with van der Waals surface area (Å²) in [5.41, 5.74) is 4.46. The Kier molecular flexibility index (Phi) is 21.3. The summed E-state index contributed by atoms with van der Waals surface area (Å²) in [6.07, 6.45) is 7.98. The summed E-state index contributed by atoms with van der Waals surface area (Å²) in [6.45, 7) is 15.2. The van der Waals surface area contributed by atoms with Gasteiger partial charge in [0.2, 0.25) is 11.8 Å². The zero-order valence-corrected chi connectivity index (χ0v) is 54.0. The highest BCUT2D eigenvalue weighted by Gasteiger charge is 2.41. The second-order valence-corrected chi connectivity index (χ2v) is 26.5. The fourth-order valence-electron chi connectivity index (χ4n) is 13.4. The fraction of sp³-hybridized carbons (Fsp3) is 0.551. The van der Waals surface area contributed by atoms with Gasteiger partial charge in [-0.2, -0.15) is 15.2 Å². The number of aromatic nitrogens is 3. The summed E-state index contributed by atoms with van der Waals surface area (Å²) in [4.78, 5) is 67.1. The topological polar surface area (TPSA) is 209 Å². The van der Waals surface area contributed by atoms with Gasteiger partial charge in [0, 0.05) is 91.4 Å². The van der Waals surface area contributed by atoms with E-state index in [4.69, 9.17) is 43.4 Å². The first kappa shape index (κ1) is 64.3. The lowest BCUT2D eigenvalue weighted by Gasteiger charge is -2.37. The van der Waals surface area contributed by atoms with Crippen LogP contribution in [0.1, 0.15) is 108 Å². The highest BCUT2D eigenvalue weighted by atomic mass is 32.1. The predicted octanol–water partition coefficient (Wildman–Crippen LogP) is 9.73. The fourth-order valence-corrected chi connectivity index (χ4v) is 14.4. The van der Waals surface area contributed by atoms with Crippen molar-refractivity contribution < 1.29 is 42.8 Å². The van der Waals surface area contributed by atoms with Gasteiger partial charge in [0.25, 0.3) is 0 Å². The van der Waals surface area contributed by atoms with Gasteiger partial charge in [0.1, 0.15) is 47.5 Å². The molecule has 0 spiro atoms. The number of thiazole rings is 1. The van der Waals surface area contributed by atoms with E-state index in [2.05, 4.69) is 104 Å². The molecule has 1 saturated carbocycles. The molecular formula is C69H89N11O9S. The van der Waals surface area contributed by atoms with Gasteiger partial charge >= 0.3 is 12.1 Å². The molecule has 2 N–H and O–H groups in total. The van der Waals surface area contributed by atoms with E-state index in [1.54, 1.807) is 46.1 Å². The maximum Gasteiger partial charge on any atom is 0.410 e. The van der Waals surface area contributed by atoms with Crippen LogP contribution in [0.4, 0.5) is 16.3 Å². The summed E-state index contributed by atoms with van der Waals surface area (Å²) < 4.78 is 36.5. The van der Waals surface area contributed by atoms with Gasteiger partial charge in [-0.05, 0) is 108 Å². The molecule has 5 aliphatic rings. The van der Waals surface area contributed by atoms with Crippen LogP contribution in [0.25, 0.3) is 32.8 Å². The van der Waals surface area contributed by atoms with Crippen LogP contribution in [0, 0.1) is 17.2 Å². The van der Waals surface area contributed by atoms with E-state index >= 15 is 0 Å². The van der Waals surface area contributed by atoms with Gasteiger partial charge in [0.05, 0.1) is 75.6 Å². The normalized spacial score (nSPS) is 20.6. The Hall–Kier alpha value is -7.19. The second-order valence-electron chi connectivity index (χ2n) is 25.7. The largest absolute Gasteiger partial charge is 0.491 e. The average molecular weight is 1250 g/mol. The van der Waals surface area contributed by atoms with Gasteiger partial charge in [-0.3, -0.25) is 19.4 Å². The monoisotopic (exact) mass is 1250 g/mol. The molecule has 6 aromatic rings. The average Bonchev–Trinajstić information content (AvgIpc) is 1.30. The number of hydrogen-bond acceptors (Lipinski definition) is 18. The summed E-state index contributed by atoms with van der Waals surface area (Å²) in [6, 6.07) is 28.4. The van der Waals surface area contributed by atoms with Crippen LogP contribution >= 0.6 is 11.3 Å². The Morgan fingerprint density at radius 3 is 2.38 bits per heavy atom. The lowest BCUT2D eigenvalue weighted by molar-refractivity contribution is -0.140. The van der Waals surface area contributed by atoms with Crippen molar-refractivity contribution >= 4 is 62.3 Å². The Balaban J connectivity index is 0.621. The smallest absolute Gasteiger partial charge is 0.410 e. The molecule has 90 heavy (non-hydrogen) atoms. The molecule has 4 aliphatic heterocycles. The molecule has 0 unspecified atom stereocenters. The number of ether oxygens (including phenoxy) is 6. The molecule has 4 aromatic carbocycles. The molecular weight excluding hydrogens is 1160 g/mol. The molecule has 4 fully saturated rings. The highest BCUT2D eigenvalue weighted by molar-refractivity contribution is 7.10. The molecule has 0 radical (unpaired) electrons. The SMILES string of the molecule is C[C@@H](C(=O)N[C@H](C(=O)N1CCC[C@H]1c1nc(-c2ccc(OCCOCCOCCO[C@@H]3C[C@@H](COc4nc5c(c(N6CCN[C@@H](CC#N)C6)n4)CCN(c4cccc6ccccc46)C5)N(C)C3)c3ccccc23)cs1)C1CCCCC1)N(C)C(=O)OC(C)(C)C. The predicted molar refractivity (Wildman–Crippen MR) is 349 cm³/mol. The number of likely N-dealkylation sites (tertiary alicyclic amines) is 2. The van der Waals surface area contributed by atoms with E-state index in [1.165, 1.54) is 21.4 Å². The van der Waals surface area contributed by atoms with Gasteiger partial charge in [-0.25, -0.2) is 9.78 Å². The zero-order chi connectivity index (χ0) is 62.7. The number of fused-ring (bicyclic) bond motifs is 3. The molecule has 20 nitrogen and oxygen atoms in total. The van der Waals surface area contributed by atoms with Crippen molar-refractivity contribution in [2.45, 2.75) is 140 Å². The Labute approximate surface area is 533 Å². The molecule has 11 rings (SSSR count). The minimum Gasteiger partial charge on any atom is -0.491 e. The molecule has 21 heteroatoms. The third-order valence-electron chi connectivity index (χ3n) is 18.3. The molecule has 3 saturated heterocycles. The minimum absolute atomic E-state index is 0.00615. The number of nitriles is 1. The van der Waals surface area contributed by atoms with E-state index in [1.807, 2.05) is 23.1 Å². The van der Waals surface area contributed by atoms with Gasteiger partial charge < -0.3 is 53.8 Å². The van der Waals surface area contributed by atoms with Gasteiger partial charge in [-0.1, -0.05) is 79.9 Å². The van der Waals surface area contributed by atoms with Crippen LogP contribution in [0.15, 0.2) is 84.2 Å². The van der Waals surface area contributed by atoms with Crippen molar-refractivity contribution in [2.24, 2.45) is 5.92 Å². The molecule has 1 aliphatic carbocycles. The first-order valence-corrected chi connectivity index (χ1v) is 33.3. The third-order valence-corrected chi connectivity index (χ3v) is 19.3. The summed E-state index contributed by atoms with van der Waals surface area (Å²) in [7, 11) is 3.66. The summed E-state index contributed by atoms with van der Waals surface area (Å²) in [5, 5.41) is 23.5. The number of likely N-dealkylation sites (N-methyl/N-ethyl adjacent to an activating group) is 2. The van der Waals surface area contributed by atoms with Crippen molar-refractivity contribution in [3.63, 3.8) is 0 Å². The molecule has 480 valence electrons. The van der Waals surface area contributed by atoms with Crippen LogP contribution in [0.5, 0.6) is 11.8 Å². The second kappa shape index (κ2) is 29.8. The van der Waals surface area contributed by atoms with E-state index in [0.29, 0.717) is 78.3 Å². The maximum atomic E-state index is 14.7. The molecule has 0 bridgehead atoms. The van der Waals surface area contributed by atoms with E-state index in [0.717, 1.165) is 134 Å². The van der Waals surface area contributed by atoms with Crippen molar-refractivity contribution in [3.05, 3.63) is 101 Å². The first-order chi connectivity index (χ1) is 43.7. The minimum atomic E-state index is -0.834. The number of nitrogens with zero attached hydrogens (tertiary/aromatic N) is 9. The number of hydrogen-bond donors (Lipinski definition) is 2. The van der Waals surface area contributed by atoms with Crippen LogP contribution in [0.3, 0.4) is 0 Å². The third kappa shape index (κ3) is 15.6. The van der Waals surface area contributed by atoms with E-state index in [9.17, 15) is 19.6 Å². The van der Waals surface area contributed by atoms with Crippen LogP contribution in [-0.2, 0) is 41.5 Å². The van der Waals surface area contributed by atoms with Crippen molar-refractivity contribution in [1.82, 2.24) is 40.3 Å². The number of benzene rings is 4. The Bertz CT molecular complexity index is 3470. The number of anilines is 2. The maximum absolute atomic E-state index is 14.7. The highest BCUT2D eigenvalue weighted by Crippen LogP contribution is 2.41. The lowest BCUT2D eigenvalue weighted by atomic mass is 9.83. The van der Waals surface area contributed by atoms with Crippen molar-refractivity contribution in [3.8, 4) is 29.1 Å². The molecule has 3 amide bonds. The quantitative estimate of drug-likeness (QED) is 0.0540. The number of carbonyl (C=O) groups is 3. The Morgan fingerprint density at radius 2 is 1.58 bits per heavy atom. The number of amides is 3. The number of piperazine rings is 1. The summed E-state index contributed by atoms with van der Waals surface area (Å²) >= 11 is 1.56. The van der Waals surface area contributed by atoms with Gasteiger partial charge in [-0.15, -0.1) is 11.3 Å². The lowest BCUT2D eigenvalue weighted by Crippen LogP contribution is -2.56. The number of nitrogens with one attached hydrogen (secondary N) is 2. The van der Waals surface area contributed by atoms with Gasteiger partial charge in [0.15, 0.2) is 0 Å². The molecule has 6 heterocycles. The summed E-state index contributed by atoms with van der Waals surface area (Å²) in [5.74, 6) is 1.23. The molecule has 2 aromatic heterocycles. The number of rotatable bonds is 24. The standard InChI is InChI=1S/C69H89N11O9S/c1-46(77(6)68(83)89-69(2,3)4)64(81)74-62(48-17-8-7-9-18-48)66(82)80-31-15-24-60(80)65-72-58(45-90-65)54-25-26-61(55-22-13-12-21-53(54)55)87-39-37-85-35-34-84-36-38-86-51-40-50(76(5)42-51)44-88-67-73-57-43-78(59-23-14-19-47-16-10-11-20-52(47)59)32-28-56(57)63(75-67)79-33-30-71-49(41-79)27-29-70/h10-14,16,19-23,25-26,45-46,48-51,60,62,71H,7-9,15,17-18,24,27-28,30-44H2,1-6H3,(H,74,81)/t46-,49-,50-,51+,60-,62-/m0/s1. The van der Waals surface area contributed by atoms with Crippen molar-refractivity contribution in [2.75, 3.05) is 109 Å².